The van der Waals surface area contributed by atoms with Crippen LogP contribution in [0.15, 0.2) is 36.8 Å². The minimum atomic E-state index is -3.37. The molecule has 2 aromatic heterocycles. The molecule has 5 nitrogen and oxygen atoms in total. The van der Waals surface area contributed by atoms with Crippen LogP contribution in [0, 0.1) is 11.2 Å². The summed E-state index contributed by atoms with van der Waals surface area (Å²) in [7, 11) is -3.37. The summed E-state index contributed by atoms with van der Waals surface area (Å²) in [5.41, 5.74) is 2.54. The van der Waals surface area contributed by atoms with Gasteiger partial charge < -0.3 is 4.57 Å². The number of hydrogen-bond acceptors (Lipinski definition) is 3. The maximum Gasteiger partial charge on any atom is 0.215 e. The molecule has 4 rings (SSSR count). The summed E-state index contributed by atoms with van der Waals surface area (Å²) in [4.78, 5) is 3.98. The van der Waals surface area contributed by atoms with E-state index < -0.39 is 21.9 Å². The molecule has 1 aliphatic rings. The molecular formula is C23H27ClFN3O2S. The topological polar surface area (TPSA) is 64.0 Å². The molecule has 1 saturated carbocycles. The van der Waals surface area contributed by atoms with Gasteiger partial charge in [-0.15, -0.1) is 0 Å². The molecule has 0 spiro atoms. The van der Waals surface area contributed by atoms with E-state index in [-0.39, 0.29) is 10.7 Å². The number of halogens is 2. The number of benzene rings is 1. The van der Waals surface area contributed by atoms with E-state index in [4.69, 9.17) is 11.6 Å². The van der Waals surface area contributed by atoms with E-state index in [1.54, 1.807) is 18.3 Å². The lowest BCUT2D eigenvalue weighted by atomic mass is 9.96. The molecule has 0 radical (unpaired) electrons. The number of aromatic nitrogens is 2. The molecule has 0 saturated heterocycles. The van der Waals surface area contributed by atoms with Gasteiger partial charge in [0.2, 0.25) is 10.0 Å². The third kappa shape index (κ3) is 4.64. The second-order valence-electron chi connectivity index (χ2n) is 9.56. The largest absolute Gasteiger partial charge is 0.347 e. The number of rotatable bonds is 6. The Morgan fingerprint density at radius 1 is 1.29 bits per heavy atom. The first-order valence-corrected chi connectivity index (χ1v) is 12.3. The van der Waals surface area contributed by atoms with Gasteiger partial charge in [-0.25, -0.2) is 17.5 Å². The summed E-state index contributed by atoms with van der Waals surface area (Å²) >= 11 is 6.28. The highest BCUT2D eigenvalue weighted by molar-refractivity contribution is 7.90. The standard InChI is InChI=1S/C23H27ClFN3O2S/c1-14(27-31(29,30)15-5-6-15)19-12-28(13-23(2,3)4)22-10-17(21(25)9-18(19)22)16-7-8-26-11-20(16)24/h7-12,14-15,27H,5-6,13H2,1-4H3/t14-/m1/s1. The third-order valence-corrected chi connectivity index (χ3v) is 7.81. The average Bonchev–Trinajstić information content (AvgIpc) is 3.46. The molecule has 8 heteroatoms. The summed E-state index contributed by atoms with van der Waals surface area (Å²) in [6.07, 6.45) is 6.40. The van der Waals surface area contributed by atoms with Gasteiger partial charge in [-0.2, -0.15) is 0 Å². The highest BCUT2D eigenvalue weighted by Crippen LogP contribution is 2.37. The number of nitrogens with zero attached hydrogens (tertiary/aromatic N) is 2. The number of sulfonamides is 1. The van der Waals surface area contributed by atoms with Gasteiger partial charge in [-0.05, 0) is 48.9 Å². The second-order valence-corrected chi connectivity index (χ2v) is 12.0. The van der Waals surface area contributed by atoms with E-state index in [0.717, 1.165) is 11.1 Å². The molecule has 1 fully saturated rings. The molecule has 3 aromatic rings. The summed E-state index contributed by atoms with van der Waals surface area (Å²) in [6, 6.07) is 4.50. The predicted molar refractivity (Wildman–Crippen MR) is 123 cm³/mol. The van der Waals surface area contributed by atoms with Crippen molar-refractivity contribution in [2.75, 3.05) is 0 Å². The molecule has 166 valence electrons. The minimum Gasteiger partial charge on any atom is -0.347 e. The van der Waals surface area contributed by atoms with Crippen LogP contribution in [-0.2, 0) is 16.6 Å². The molecule has 1 aliphatic carbocycles. The quantitative estimate of drug-likeness (QED) is 0.511. The van der Waals surface area contributed by atoms with Crippen LogP contribution in [0.5, 0.6) is 0 Å². The minimum absolute atomic E-state index is 0.0250. The van der Waals surface area contributed by atoms with Crippen LogP contribution in [0.3, 0.4) is 0 Å². The van der Waals surface area contributed by atoms with Gasteiger partial charge >= 0.3 is 0 Å². The Bertz CT molecular complexity index is 1240. The molecule has 0 unspecified atom stereocenters. The molecule has 1 atom stereocenters. The Labute approximate surface area is 187 Å². The smallest absolute Gasteiger partial charge is 0.215 e. The predicted octanol–water partition coefficient (Wildman–Crippen LogP) is 5.68. The van der Waals surface area contributed by atoms with Gasteiger partial charge in [-0.3, -0.25) is 4.98 Å². The van der Waals surface area contributed by atoms with Crippen LogP contribution in [0.2, 0.25) is 5.02 Å². The van der Waals surface area contributed by atoms with Crippen molar-refractivity contribution in [3.8, 4) is 11.1 Å². The molecule has 1 N–H and O–H groups in total. The van der Waals surface area contributed by atoms with E-state index in [0.29, 0.717) is 40.9 Å². The van der Waals surface area contributed by atoms with E-state index in [1.165, 1.54) is 12.3 Å². The molecule has 0 amide bonds. The lowest BCUT2D eigenvalue weighted by molar-refractivity contribution is 0.349. The van der Waals surface area contributed by atoms with Crippen LogP contribution in [0.1, 0.15) is 52.1 Å². The summed E-state index contributed by atoms with van der Waals surface area (Å²) in [5, 5.41) is 0.761. The Morgan fingerprint density at radius 2 is 2.00 bits per heavy atom. The zero-order chi connectivity index (χ0) is 22.6. The first kappa shape index (κ1) is 22.2. The van der Waals surface area contributed by atoms with Gasteiger partial charge in [0.05, 0.1) is 10.3 Å². The fourth-order valence-corrected chi connectivity index (χ4v) is 5.70. The Hall–Kier alpha value is -1.96. The fourth-order valence-electron chi connectivity index (χ4n) is 3.91. The van der Waals surface area contributed by atoms with Crippen LogP contribution in [0.4, 0.5) is 4.39 Å². The maximum absolute atomic E-state index is 15.2. The van der Waals surface area contributed by atoms with Crippen molar-refractivity contribution in [2.45, 2.75) is 58.4 Å². The normalized spacial score (nSPS) is 16.1. The Balaban J connectivity index is 1.86. The molecular weight excluding hydrogens is 437 g/mol. The van der Waals surface area contributed by atoms with E-state index in [1.807, 2.05) is 13.1 Å². The van der Waals surface area contributed by atoms with Crippen molar-refractivity contribution in [1.29, 1.82) is 0 Å². The van der Waals surface area contributed by atoms with Crippen LogP contribution in [0.25, 0.3) is 22.0 Å². The zero-order valence-electron chi connectivity index (χ0n) is 18.1. The van der Waals surface area contributed by atoms with Crippen molar-refractivity contribution in [1.82, 2.24) is 14.3 Å². The second kappa shape index (κ2) is 7.87. The number of nitrogens with one attached hydrogen (secondary N) is 1. The highest BCUT2D eigenvalue weighted by atomic mass is 35.5. The molecule has 0 aliphatic heterocycles. The summed E-state index contributed by atoms with van der Waals surface area (Å²) < 4.78 is 45.0. The van der Waals surface area contributed by atoms with Gasteiger partial charge in [-0.1, -0.05) is 32.4 Å². The first-order valence-electron chi connectivity index (χ1n) is 10.4. The zero-order valence-corrected chi connectivity index (χ0v) is 19.7. The number of hydrogen-bond donors (Lipinski definition) is 1. The lowest BCUT2D eigenvalue weighted by Crippen LogP contribution is -2.29. The third-order valence-electron chi connectivity index (χ3n) is 5.48. The van der Waals surface area contributed by atoms with Crippen molar-refractivity contribution >= 4 is 32.5 Å². The first-order chi connectivity index (χ1) is 14.5. The molecule has 2 heterocycles. The molecule has 31 heavy (non-hydrogen) atoms. The molecule has 0 bridgehead atoms. The van der Waals surface area contributed by atoms with Crippen molar-refractivity contribution in [3.05, 3.63) is 53.2 Å². The molecule has 1 aromatic carbocycles. The SMILES string of the molecule is C[C@@H](NS(=O)(=O)C1CC1)c1cn(CC(C)(C)C)c2cc(-c3ccncc3Cl)c(F)cc12. The van der Waals surface area contributed by atoms with Crippen molar-refractivity contribution in [2.24, 2.45) is 5.41 Å². The maximum atomic E-state index is 15.2. The Kier molecular flexibility index (Phi) is 5.65. The fraction of sp³-hybridized carbons (Fsp3) is 0.435. The summed E-state index contributed by atoms with van der Waals surface area (Å²) in [6.45, 7) is 8.88. The highest BCUT2D eigenvalue weighted by Gasteiger charge is 2.37. The van der Waals surface area contributed by atoms with Gasteiger partial charge in [0, 0.05) is 53.2 Å². The van der Waals surface area contributed by atoms with E-state index in [2.05, 4.69) is 35.0 Å². The van der Waals surface area contributed by atoms with Gasteiger partial charge in [0.15, 0.2) is 0 Å². The summed E-state index contributed by atoms with van der Waals surface area (Å²) in [5.74, 6) is -0.410. The Morgan fingerprint density at radius 3 is 2.61 bits per heavy atom. The van der Waals surface area contributed by atoms with Crippen molar-refractivity contribution in [3.63, 3.8) is 0 Å². The van der Waals surface area contributed by atoms with E-state index >= 15 is 4.39 Å². The van der Waals surface area contributed by atoms with Crippen LogP contribution >= 0.6 is 11.6 Å². The number of fused-ring (bicyclic) bond motifs is 1. The monoisotopic (exact) mass is 463 g/mol. The number of pyridine rings is 1. The van der Waals surface area contributed by atoms with Crippen molar-refractivity contribution < 1.29 is 12.8 Å². The average molecular weight is 464 g/mol. The van der Waals surface area contributed by atoms with Crippen LogP contribution in [-0.4, -0.2) is 23.2 Å². The van der Waals surface area contributed by atoms with Gasteiger partial charge in [0.25, 0.3) is 0 Å². The van der Waals surface area contributed by atoms with Gasteiger partial charge in [0.1, 0.15) is 5.82 Å². The lowest BCUT2D eigenvalue weighted by Gasteiger charge is -2.20. The van der Waals surface area contributed by atoms with E-state index in [9.17, 15) is 8.42 Å². The van der Waals surface area contributed by atoms with Crippen LogP contribution < -0.4 is 4.72 Å².